The molecule has 0 aliphatic heterocycles. The lowest BCUT2D eigenvalue weighted by molar-refractivity contribution is 0.391. The zero-order valence-corrected chi connectivity index (χ0v) is 24.6. The van der Waals surface area contributed by atoms with E-state index >= 15 is 0 Å². The van der Waals surface area contributed by atoms with Crippen molar-refractivity contribution < 1.29 is 16.5 Å². The SMILES string of the molecule is C[SiH](O[Si](C)(C)C)O[Si](C)(C)C[Si](C)(C)O[Si](C)(C)O[Si](C)(C)C. The van der Waals surface area contributed by atoms with Gasteiger partial charge in [0.15, 0.2) is 33.3 Å². The van der Waals surface area contributed by atoms with Crippen molar-refractivity contribution in [2.24, 2.45) is 0 Å². The Kier molecular flexibility index (Phi) is 8.84. The third-order valence-corrected chi connectivity index (χ3v) is 26.4. The van der Waals surface area contributed by atoms with Crippen LogP contribution in [0.5, 0.6) is 0 Å². The van der Waals surface area contributed by atoms with Crippen LogP contribution in [0, 0.1) is 0 Å². The Morgan fingerprint density at radius 2 is 1.04 bits per heavy atom. The van der Waals surface area contributed by atoms with E-state index in [1.54, 1.807) is 0 Å². The van der Waals surface area contributed by atoms with E-state index in [-0.39, 0.29) is 0 Å². The predicted octanol–water partition coefficient (Wildman–Crippen LogP) is 5.22. The molecule has 0 aliphatic carbocycles. The topological polar surface area (TPSA) is 36.9 Å². The summed E-state index contributed by atoms with van der Waals surface area (Å²) in [5.74, 6) is 0. The van der Waals surface area contributed by atoms with Gasteiger partial charge in [-0.25, -0.2) is 0 Å². The van der Waals surface area contributed by atoms with Gasteiger partial charge in [-0.2, -0.15) is 0 Å². The Morgan fingerprint density at radius 1 is 0.583 bits per heavy atom. The van der Waals surface area contributed by atoms with Crippen LogP contribution in [0.3, 0.4) is 0 Å². The fourth-order valence-electron chi connectivity index (χ4n) is 3.50. The summed E-state index contributed by atoms with van der Waals surface area (Å²) >= 11 is 0. The van der Waals surface area contributed by atoms with Gasteiger partial charge in [0.05, 0.1) is 0 Å². The first-order valence-corrected chi connectivity index (χ1v) is 26.9. The Hall–Kier alpha value is 1.14. The summed E-state index contributed by atoms with van der Waals surface area (Å²) in [6, 6.07) is 0. The van der Waals surface area contributed by atoms with E-state index in [2.05, 4.69) is 85.1 Å². The third-order valence-electron chi connectivity index (χ3n) is 2.93. The summed E-state index contributed by atoms with van der Waals surface area (Å²) < 4.78 is 25.7. The zero-order valence-electron chi connectivity index (χ0n) is 18.4. The third kappa shape index (κ3) is 13.4. The average molecular weight is 443 g/mol. The summed E-state index contributed by atoms with van der Waals surface area (Å²) in [6.45, 7) is 29.3. The molecule has 0 aromatic heterocycles. The van der Waals surface area contributed by atoms with Crippen LogP contribution < -0.4 is 0 Å². The first kappa shape index (κ1) is 25.1. The van der Waals surface area contributed by atoms with Crippen molar-refractivity contribution in [2.45, 2.75) is 90.8 Å². The van der Waals surface area contributed by atoms with Crippen molar-refractivity contribution in [3.8, 4) is 0 Å². The molecule has 4 nitrogen and oxygen atoms in total. The van der Waals surface area contributed by atoms with Crippen molar-refractivity contribution in [3.05, 3.63) is 0 Å². The van der Waals surface area contributed by atoms with Crippen LogP contribution in [0.15, 0.2) is 0 Å². The lowest BCUT2D eigenvalue weighted by Gasteiger charge is -2.40. The summed E-state index contributed by atoms with van der Waals surface area (Å²) in [5, 5.41) is 0. The van der Waals surface area contributed by atoms with Crippen molar-refractivity contribution in [1.29, 1.82) is 0 Å². The molecule has 1 atom stereocenters. The second-order valence-corrected chi connectivity index (χ2v) is 34.7. The minimum atomic E-state index is -2.08. The molecule has 146 valence electrons. The summed E-state index contributed by atoms with van der Waals surface area (Å²) in [5.41, 5.74) is 1.10. The fourth-order valence-corrected chi connectivity index (χ4v) is 33.7. The van der Waals surface area contributed by atoms with Crippen LogP contribution in [0.25, 0.3) is 0 Å². The minimum Gasteiger partial charge on any atom is -0.439 e. The van der Waals surface area contributed by atoms with Crippen LogP contribution in [-0.2, 0) is 16.5 Å². The number of hydrogen-bond donors (Lipinski definition) is 0. The molecule has 1 unspecified atom stereocenters. The lowest BCUT2D eigenvalue weighted by Crippen LogP contribution is -2.55. The van der Waals surface area contributed by atoms with Gasteiger partial charge < -0.3 is 16.5 Å². The molecular formula is C14H42O4Si6. The molecule has 0 aromatic rings. The quantitative estimate of drug-likeness (QED) is 0.434. The van der Waals surface area contributed by atoms with Crippen molar-refractivity contribution in [1.82, 2.24) is 0 Å². The van der Waals surface area contributed by atoms with Crippen LogP contribution in [0.2, 0.25) is 90.8 Å². The highest BCUT2D eigenvalue weighted by molar-refractivity contribution is 6.95. The van der Waals surface area contributed by atoms with E-state index < -0.39 is 51.1 Å². The predicted molar refractivity (Wildman–Crippen MR) is 121 cm³/mol. The number of rotatable bonds is 10. The highest BCUT2D eigenvalue weighted by Crippen LogP contribution is 2.28. The van der Waals surface area contributed by atoms with Gasteiger partial charge in [0.2, 0.25) is 0 Å². The normalized spacial score (nSPS) is 16.4. The maximum absolute atomic E-state index is 6.65. The maximum Gasteiger partial charge on any atom is 0.311 e. The highest BCUT2D eigenvalue weighted by atomic mass is 28.5. The molecule has 0 fully saturated rings. The van der Waals surface area contributed by atoms with E-state index in [1.807, 2.05) is 0 Å². The van der Waals surface area contributed by atoms with Crippen LogP contribution in [-0.4, -0.2) is 51.1 Å². The molecule has 0 saturated heterocycles. The molecule has 0 saturated carbocycles. The maximum atomic E-state index is 6.65. The molecule has 0 aromatic carbocycles. The van der Waals surface area contributed by atoms with E-state index in [4.69, 9.17) is 16.5 Å². The van der Waals surface area contributed by atoms with Crippen molar-refractivity contribution >= 4 is 51.1 Å². The lowest BCUT2D eigenvalue weighted by atomic mass is 11.8. The van der Waals surface area contributed by atoms with Gasteiger partial charge in [-0.1, -0.05) is 0 Å². The van der Waals surface area contributed by atoms with E-state index in [0.29, 0.717) is 0 Å². The molecule has 24 heavy (non-hydrogen) atoms. The van der Waals surface area contributed by atoms with Crippen LogP contribution in [0.4, 0.5) is 0 Å². The van der Waals surface area contributed by atoms with Gasteiger partial charge in [0, 0.05) is 0 Å². The largest absolute Gasteiger partial charge is 0.439 e. The Balaban J connectivity index is 4.82. The molecule has 0 heterocycles. The molecule has 0 spiro atoms. The van der Waals surface area contributed by atoms with Crippen LogP contribution >= 0.6 is 0 Å². The molecule has 0 bridgehead atoms. The van der Waals surface area contributed by atoms with Gasteiger partial charge in [0.25, 0.3) is 9.28 Å². The van der Waals surface area contributed by atoms with Crippen molar-refractivity contribution in [2.75, 3.05) is 0 Å². The standard InChI is InChI=1S/C14H42O4Si6/c1-19(15-20(2,3)4)16-22(8,9)14-23(10,11)18-24(12,13)17-21(5,6)7/h19H,14H2,1-13H3. The highest BCUT2D eigenvalue weighted by Gasteiger charge is 2.42. The number of hydrogen-bond acceptors (Lipinski definition) is 4. The van der Waals surface area contributed by atoms with Crippen LogP contribution in [0.1, 0.15) is 0 Å². The minimum absolute atomic E-state index is 1.10. The molecule has 0 rings (SSSR count). The molecule has 10 heteroatoms. The van der Waals surface area contributed by atoms with E-state index in [0.717, 1.165) is 5.67 Å². The zero-order chi connectivity index (χ0) is 19.6. The Bertz CT molecular complexity index is 401. The average Bonchev–Trinajstić information content (AvgIpc) is 2.00. The molecule has 0 radical (unpaired) electrons. The van der Waals surface area contributed by atoms with Gasteiger partial charge in [-0.05, 0) is 90.8 Å². The van der Waals surface area contributed by atoms with Crippen molar-refractivity contribution in [3.63, 3.8) is 0 Å². The first-order chi connectivity index (χ1) is 10.2. The Labute approximate surface area is 158 Å². The molecule has 0 aliphatic rings. The van der Waals surface area contributed by atoms with Gasteiger partial charge in [0.1, 0.15) is 0 Å². The fraction of sp³-hybridized carbons (Fsp3) is 1.00. The Morgan fingerprint density at radius 3 is 1.42 bits per heavy atom. The van der Waals surface area contributed by atoms with E-state index in [1.165, 1.54) is 0 Å². The summed E-state index contributed by atoms with van der Waals surface area (Å²) in [4.78, 5) is 0. The monoisotopic (exact) mass is 442 g/mol. The second kappa shape index (κ2) is 8.44. The summed E-state index contributed by atoms with van der Waals surface area (Å²) in [6.07, 6.45) is 0. The summed E-state index contributed by atoms with van der Waals surface area (Å²) in [7, 11) is -10.3. The van der Waals surface area contributed by atoms with Gasteiger partial charge >= 0.3 is 8.56 Å². The molecule has 0 N–H and O–H groups in total. The molecular weight excluding hydrogens is 401 g/mol. The smallest absolute Gasteiger partial charge is 0.311 e. The molecule has 0 amide bonds. The first-order valence-electron chi connectivity index (χ1n) is 8.98. The van der Waals surface area contributed by atoms with Gasteiger partial charge in [-0.3, -0.25) is 0 Å². The van der Waals surface area contributed by atoms with Gasteiger partial charge in [-0.15, -0.1) is 0 Å². The van der Waals surface area contributed by atoms with E-state index in [9.17, 15) is 0 Å². The second-order valence-electron chi connectivity index (χ2n) is 10.3.